The van der Waals surface area contributed by atoms with E-state index in [2.05, 4.69) is 41.1 Å². The van der Waals surface area contributed by atoms with Crippen molar-refractivity contribution in [2.45, 2.75) is 19.1 Å². The van der Waals surface area contributed by atoms with E-state index in [9.17, 15) is 0 Å². The van der Waals surface area contributed by atoms with Crippen molar-refractivity contribution in [1.29, 1.82) is 0 Å². The predicted molar refractivity (Wildman–Crippen MR) is 79.8 cm³/mol. The smallest absolute Gasteiger partial charge is 0.105 e. The van der Waals surface area contributed by atoms with Gasteiger partial charge in [-0.15, -0.1) is 11.3 Å². The number of hydrogen-bond acceptors (Lipinski definition) is 3. The monoisotopic (exact) mass is 325 g/mol. The highest BCUT2D eigenvalue weighted by atomic mass is 79.9. The molecule has 0 aliphatic carbocycles. The van der Waals surface area contributed by atoms with Crippen LogP contribution in [0, 0.1) is 0 Å². The first-order valence-corrected chi connectivity index (χ1v) is 7.47. The third-order valence-electron chi connectivity index (χ3n) is 2.76. The van der Waals surface area contributed by atoms with Crippen LogP contribution in [0.4, 0.5) is 0 Å². The van der Waals surface area contributed by atoms with E-state index in [-0.39, 0.29) is 12.2 Å². The fraction of sp³-hybridized carbons (Fsp3) is 0.286. The number of rotatable bonds is 5. The van der Waals surface area contributed by atoms with Gasteiger partial charge >= 0.3 is 0 Å². The van der Waals surface area contributed by atoms with Gasteiger partial charge in [-0.05, 0) is 40.5 Å². The molecule has 18 heavy (non-hydrogen) atoms. The highest BCUT2D eigenvalue weighted by molar-refractivity contribution is 9.11. The van der Waals surface area contributed by atoms with Gasteiger partial charge in [-0.2, -0.15) is 0 Å². The average Bonchev–Trinajstić information content (AvgIpc) is 2.83. The molecule has 4 heteroatoms. The molecule has 0 fully saturated rings. The summed E-state index contributed by atoms with van der Waals surface area (Å²) in [5, 5.41) is 0. The van der Waals surface area contributed by atoms with Crippen LogP contribution in [0.25, 0.3) is 0 Å². The fourth-order valence-electron chi connectivity index (χ4n) is 1.79. The highest BCUT2D eigenvalue weighted by Crippen LogP contribution is 2.32. The topological polar surface area (TPSA) is 35.2 Å². The number of nitrogens with two attached hydrogens (primary N) is 1. The number of hydrogen-bond donors (Lipinski definition) is 1. The standard InChI is InChI=1S/C14H16BrNOS/c1-10(11-5-3-2-4-6-11)17-12(9-16)13-7-8-14(15)18-13/h2-8,10,12H,9,16H2,1H3. The molecule has 96 valence electrons. The molecule has 2 rings (SSSR count). The maximum atomic E-state index is 6.05. The van der Waals surface area contributed by atoms with Gasteiger partial charge < -0.3 is 10.5 Å². The molecule has 0 radical (unpaired) electrons. The first kappa shape index (κ1) is 13.7. The van der Waals surface area contributed by atoms with Gasteiger partial charge in [-0.1, -0.05) is 30.3 Å². The number of halogens is 1. The van der Waals surface area contributed by atoms with Gasteiger partial charge in [-0.3, -0.25) is 0 Å². The van der Waals surface area contributed by atoms with E-state index in [0.29, 0.717) is 6.54 Å². The maximum absolute atomic E-state index is 6.05. The number of benzene rings is 1. The molecular weight excluding hydrogens is 310 g/mol. The van der Waals surface area contributed by atoms with E-state index in [4.69, 9.17) is 10.5 Å². The van der Waals surface area contributed by atoms with Crippen molar-refractivity contribution in [2.75, 3.05) is 6.54 Å². The first-order valence-electron chi connectivity index (χ1n) is 5.86. The molecule has 1 aromatic carbocycles. The molecule has 2 atom stereocenters. The second kappa shape index (κ2) is 6.48. The first-order chi connectivity index (χ1) is 8.70. The van der Waals surface area contributed by atoms with Crippen molar-refractivity contribution in [1.82, 2.24) is 0 Å². The van der Waals surface area contributed by atoms with E-state index in [1.54, 1.807) is 11.3 Å². The van der Waals surface area contributed by atoms with Crippen LogP contribution in [0.1, 0.15) is 29.6 Å². The molecule has 1 heterocycles. The third-order valence-corrected chi connectivity index (χ3v) is 4.48. The van der Waals surface area contributed by atoms with E-state index in [0.717, 1.165) is 8.66 Å². The van der Waals surface area contributed by atoms with Gasteiger partial charge in [0.15, 0.2) is 0 Å². The Balaban J connectivity index is 2.07. The molecule has 1 aromatic heterocycles. The lowest BCUT2D eigenvalue weighted by Gasteiger charge is -2.20. The molecule has 0 aliphatic heterocycles. The van der Waals surface area contributed by atoms with Crippen LogP contribution in [-0.4, -0.2) is 6.54 Å². The lowest BCUT2D eigenvalue weighted by molar-refractivity contribution is 0.00220. The highest BCUT2D eigenvalue weighted by Gasteiger charge is 2.16. The Bertz CT molecular complexity index is 486. The summed E-state index contributed by atoms with van der Waals surface area (Å²) < 4.78 is 7.15. The molecule has 0 amide bonds. The molecule has 0 aliphatic rings. The molecule has 0 spiro atoms. The van der Waals surface area contributed by atoms with Crippen molar-refractivity contribution in [3.8, 4) is 0 Å². The zero-order chi connectivity index (χ0) is 13.0. The maximum Gasteiger partial charge on any atom is 0.105 e. The summed E-state index contributed by atoms with van der Waals surface area (Å²) in [5.41, 5.74) is 6.98. The summed E-state index contributed by atoms with van der Waals surface area (Å²) in [5.74, 6) is 0. The van der Waals surface area contributed by atoms with Crippen molar-refractivity contribution >= 4 is 27.3 Å². The van der Waals surface area contributed by atoms with E-state index in [1.165, 1.54) is 5.56 Å². The lowest BCUT2D eigenvalue weighted by Crippen LogP contribution is -2.16. The van der Waals surface area contributed by atoms with E-state index < -0.39 is 0 Å². The summed E-state index contributed by atoms with van der Waals surface area (Å²) in [6.45, 7) is 2.55. The largest absolute Gasteiger partial charge is 0.364 e. The van der Waals surface area contributed by atoms with E-state index >= 15 is 0 Å². The van der Waals surface area contributed by atoms with Crippen LogP contribution in [0.5, 0.6) is 0 Å². The summed E-state index contributed by atoms with van der Waals surface area (Å²) in [4.78, 5) is 1.16. The van der Waals surface area contributed by atoms with Crippen LogP contribution >= 0.6 is 27.3 Å². The van der Waals surface area contributed by atoms with Crippen molar-refractivity contribution in [2.24, 2.45) is 5.73 Å². The summed E-state index contributed by atoms with van der Waals surface area (Å²) >= 11 is 5.13. The third kappa shape index (κ3) is 3.42. The van der Waals surface area contributed by atoms with Gasteiger partial charge in [-0.25, -0.2) is 0 Å². The van der Waals surface area contributed by atoms with Crippen LogP contribution in [0.3, 0.4) is 0 Å². The zero-order valence-electron chi connectivity index (χ0n) is 10.2. The van der Waals surface area contributed by atoms with Crippen molar-refractivity contribution in [3.63, 3.8) is 0 Å². The second-order valence-electron chi connectivity index (χ2n) is 4.06. The second-order valence-corrected chi connectivity index (χ2v) is 6.55. The Labute approximate surface area is 120 Å². The van der Waals surface area contributed by atoms with Gasteiger partial charge in [0.25, 0.3) is 0 Å². The number of thiophene rings is 1. The summed E-state index contributed by atoms with van der Waals surface area (Å²) in [6.07, 6.45) is -0.00266. The van der Waals surface area contributed by atoms with Gasteiger partial charge in [0.2, 0.25) is 0 Å². The van der Waals surface area contributed by atoms with Gasteiger partial charge in [0, 0.05) is 11.4 Å². The SMILES string of the molecule is CC(OC(CN)c1ccc(Br)s1)c1ccccc1. The number of ether oxygens (including phenoxy) is 1. The van der Waals surface area contributed by atoms with E-state index in [1.807, 2.05) is 24.3 Å². The Hall–Kier alpha value is -0.680. The lowest BCUT2D eigenvalue weighted by atomic mass is 10.1. The Morgan fingerprint density at radius 3 is 2.50 bits per heavy atom. The van der Waals surface area contributed by atoms with Gasteiger partial charge in [0.1, 0.15) is 6.10 Å². The summed E-state index contributed by atoms with van der Waals surface area (Å²) in [7, 11) is 0. The predicted octanol–water partition coefficient (Wildman–Crippen LogP) is 4.29. The van der Waals surface area contributed by atoms with Crippen molar-refractivity contribution in [3.05, 3.63) is 56.7 Å². The Morgan fingerprint density at radius 2 is 1.94 bits per heavy atom. The van der Waals surface area contributed by atoms with Crippen LogP contribution in [0.2, 0.25) is 0 Å². The van der Waals surface area contributed by atoms with Crippen LogP contribution < -0.4 is 5.73 Å². The minimum absolute atomic E-state index is 0.0422. The normalized spacial score (nSPS) is 14.4. The molecule has 0 saturated carbocycles. The Kier molecular flexibility index (Phi) is 4.95. The Morgan fingerprint density at radius 1 is 1.22 bits per heavy atom. The molecule has 2 aromatic rings. The molecule has 2 nitrogen and oxygen atoms in total. The molecule has 0 saturated heterocycles. The zero-order valence-corrected chi connectivity index (χ0v) is 12.6. The minimum atomic E-state index is -0.0449. The molecule has 2 unspecified atom stereocenters. The summed E-state index contributed by atoms with van der Waals surface area (Å²) in [6, 6.07) is 14.3. The fourth-order valence-corrected chi connectivity index (χ4v) is 3.26. The van der Waals surface area contributed by atoms with Gasteiger partial charge in [0.05, 0.1) is 9.89 Å². The quantitative estimate of drug-likeness (QED) is 0.890. The minimum Gasteiger partial charge on any atom is -0.364 e. The molecular formula is C14H16BrNOS. The van der Waals surface area contributed by atoms with Crippen molar-refractivity contribution < 1.29 is 4.74 Å². The molecule has 2 N–H and O–H groups in total. The molecule has 0 bridgehead atoms. The average molecular weight is 326 g/mol. The van der Waals surface area contributed by atoms with Crippen LogP contribution in [0.15, 0.2) is 46.3 Å². The van der Waals surface area contributed by atoms with Crippen LogP contribution in [-0.2, 0) is 4.74 Å².